The van der Waals surface area contributed by atoms with Crippen molar-refractivity contribution in [2.24, 2.45) is 0 Å². The molecule has 1 N–H and O–H groups in total. The molecule has 2 heterocycles. The SMILES string of the molecule is COc1ccc(B2OC(C)(C)C(C)(C)O2)c2cn[nH]c12. The molecule has 3 rings (SSSR count). The molecule has 0 amide bonds. The number of aromatic amines is 1. The van der Waals surface area contributed by atoms with E-state index in [9.17, 15) is 0 Å². The van der Waals surface area contributed by atoms with Crippen molar-refractivity contribution in [1.82, 2.24) is 10.2 Å². The lowest BCUT2D eigenvalue weighted by Gasteiger charge is -2.32. The van der Waals surface area contributed by atoms with Crippen LogP contribution in [0.4, 0.5) is 0 Å². The van der Waals surface area contributed by atoms with Gasteiger partial charge in [-0.15, -0.1) is 0 Å². The molecule has 1 aromatic heterocycles. The highest BCUT2D eigenvalue weighted by Gasteiger charge is 2.52. The molecule has 106 valence electrons. The minimum absolute atomic E-state index is 0.354. The lowest BCUT2D eigenvalue weighted by Crippen LogP contribution is -2.41. The first-order chi connectivity index (χ1) is 9.36. The standard InChI is InChI=1S/C14H19BN2O3/c1-13(2)14(3,4)20-15(19-13)10-6-7-11(18-5)12-9(10)8-16-17-12/h6-8H,1-5H3,(H,16,17). The van der Waals surface area contributed by atoms with Crippen LogP contribution in [-0.4, -0.2) is 35.6 Å². The summed E-state index contributed by atoms with van der Waals surface area (Å²) >= 11 is 0. The first-order valence-corrected chi connectivity index (χ1v) is 6.71. The van der Waals surface area contributed by atoms with Crippen LogP contribution in [0.5, 0.6) is 5.75 Å². The second-order valence-corrected chi connectivity index (χ2v) is 6.10. The van der Waals surface area contributed by atoms with Crippen LogP contribution in [0.1, 0.15) is 27.7 Å². The van der Waals surface area contributed by atoms with Gasteiger partial charge in [0.25, 0.3) is 0 Å². The van der Waals surface area contributed by atoms with Crippen molar-refractivity contribution >= 4 is 23.5 Å². The maximum absolute atomic E-state index is 6.10. The first kappa shape index (κ1) is 13.5. The average molecular weight is 274 g/mol. The van der Waals surface area contributed by atoms with Crippen molar-refractivity contribution in [3.05, 3.63) is 18.3 Å². The summed E-state index contributed by atoms with van der Waals surface area (Å²) in [6, 6.07) is 3.87. The van der Waals surface area contributed by atoms with Gasteiger partial charge in [-0.3, -0.25) is 5.10 Å². The van der Waals surface area contributed by atoms with Crippen LogP contribution in [0.25, 0.3) is 10.9 Å². The quantitative estimate of drug-likeness (QED) is 0.849. The summed E-state index contributed by atoms with van der Waals surface area (Å²) in [5, 5.41) is 8.02. The molecular weight excluding hydrogens is 255 g/mol. The summed E-state index contributed by atoms with van der Waals surface area (Å²) in [5.41, 5.74) is 1.12. The van der Waals surface area contributed by atoms with Gasteiger partial charge in [-0.2, -0.15) is 5.10 Å². The number of hydrogen-bond donors (Lipinski definition) is 1. The van der Waals surface area contributed by atoms with Crippen LogP contribution in [0.3, 0.4) is 0 Å². The molecule has 0 spiro atoms. The molecule has 1 aliphatic rings. The molecule has 0 aliphatic carbocycles. The Morgan fingerprint density at radius 1 is 1.15 bits per heavy atom. The summed E-state index contributed by atoms with van der Waals surface area (Å²) in [6.07, 6.45) is 1.78. The van der Waals surface area contributed by atoms with Gasteiger partial charge >= 0.3 is 7.12 Å². The van der Waals surface area contributed by atoms with Gasteiger partial charge in [0.05, 0.1) is 24.5 Å². The highest BCUT2D eigenvalue weighted by Crippen LogP contribution is 2.37. The lowest BCUT2D eigenvalue weighted by molar-refractivity contribution is 0.00578. The van der Waals surface area contributed by atoms with E-state index in [0.717, 1.165) is 22.1 Å². The van der Waals surface area contributed by atoms with Crippen molar-refractivity contribution in [2.75, 3.05) is 7.11 Å². The largest absolute Gasteiger partial charge is 0.495 e. The van der Waals surface area contributed by atoms with Gasteiger partial charge in [0.15, 0.2) is 0 Å². The minimum Gasteiger partial charge on any atom is -0.494 e. The van der Waals surface area contributed by atoms with Gasteiger partial charge < -0.3 is 14.0 Å². The van der Waals surface area contributed by atoms with Crippen molar-refractivity contribution in [2.45, 2.75) is 38.9 Å². The Kier molecular flexibility index (Phi) is 2.85. The van der Waals surface area contributed by atoms with E-state index in [-0.39, 0.29) is 11.2 Å². The monoisotopic (exact) mass is 274 g/mol. The summed E-state index contributed by atoms with van der Waals surface area (Å²) in [7, 11) is 1.25. The van der Waals surface area contributed by atoms with Crippen molar-refractivity contribution in [3.8, 4) is 5.75 Å². The predicted octanol–water partition coefficient (Wildman–Crippen LogP) is 1.87. The Bertz CT molecular complexity index is 635. The van der Waals surface area contributed by atoms with Gasteiger partial charge in [0, 0.05) is 5.39 Å². The fourth-order valence-electron chi connectivity index (χ4n) is 2.38. The van der Waals surface area contributed by atoms with E-state index >= 15 is 0 Å². The van der Waals surface area contributed by atoms with Crippen LogP contribution in [0, 0.1) is 0 Å². The highest BCUT2D eigenvalue weighted by molar-refractivity contribution is 6.65. The number of hydrogen-bond acceptors (Lipinski definition) is 4. The second-order valence-electron chi connectivity index (χ2n) is 6.10. The van der Waals surface area contributed by atoms with Crippen LogP contribution in [-0.2, 0) is 9.31 Å². The Hall–Kier alpha value is -1.53. The zero-order valence-corrected chi connectivity index (χ0v) is 12.5. The number of fused-ring (bicyclic) bond motifs is 1. The Labute approximate surface area is 118 Å². The van der Waals surface area contributed by atoms with E-state index in [1.165, 1.54) is 0 Å². The van der Waals surface area contributed by atoms with Gasteiger partial charge in [-0.25, -0.2) is 0 Å². The fraction of sp³-hybridized carbons (Fsp3) is 0.500. The number of H-pyrrole nitrogens is 1. The van der Waals surface area contributed by atoms with E-state index in [1.54, 1.807) is 13.3 Å². The molecule has 0 saturated carbocycles. The third-order valence-corrected chi connectivity index (χ3v) is 4.34. The van der Waals surface area contributed by atoms with E-state index < -0.39 is 7.12 Å². The molecule has 1 aromatic carbocycles. The summed E-state index contributed by atoms with van der Waals surface area (Å²) < 4.78 is 17.5. The van der Waals surface area contributed by atoms with Crippen molar-refractivity contribution in [3.63, 3.8) is 0 Å². The Morgan fingerprint density at radius 3 is 2.40 bits per heavy atom. The van der Waals surface area contributed by atoms with Crippen LogP contribution in [0.15, 0.2) is 18.3 Å². The topological polar surface area (TPSA) is 56.4 Å². The molecule has 1 aliphatic heterocycles. The molecule has 5 nitrogen and oxygen atoms in total. The third kappa shape index (κ3) is 1.83. The van der Waals surface area contributed by atoms with Crippen molar-refractivity contribution < 1.29 is 14.0 Å². The molecule has 1 fully saturated rings. The van der Waals surface area contributed by atoms with E-state index in [0.29, 0.717) is 0 Å². The van der Waals surface area contributed by atoms with Crippen LogP contribution < -0.4 is 10.2 Å². The average Bonchev–Trinajstić information content (AvgIpc) is 2.91. The summed E-state index contributed by atoms with van der Waals surface area (Å²) in [5.74, 6) is 0.762. The number of rotatable bonds is 2. The van der Waals surface area contributed by atoms with Crippen molar-refractivity contribution in [1.29, 1.82) is 0 Å². The second kappa shape index (κ2) is 4.23. The minimum atomic E-state index is -0.397. The van der Waals surface area contributed by atoms with E-state index in [2.05, 4.69) is 10.2 Å². The molecule has 6 heteroatoms. The third-order valence-electron chi connectivity index (χ3n) is 4.34. The molecule has 0 radical (unpaired) electrons. The maximum atomic E-state index is 6.10. The molecule has 2 aromatic rings. The number of nitrogens with one attached hydrogen (secondary N) is 1. The van der Waals surface area contributed by atoms with Crippen LogP contribution in [0.2, 0.25) is 0 Å². The zero-order chi connectivity index (χ0) is 14.5. The normalized spacial score (nSPS) is 20.6. The van der Waals surface area contributed by atoms with E-state index in [1.807, 2.05) is 39.8 Å². The molecule has 20 heavy (non-hydrogen) atoms. The number of methoxy groups -OCH3 is 1. The van der Waals surface area contributed by atoms with E-state index in [4.69, 9.17) is 14.0 Å². The molecule has 0 bridgehead atoms. The van der Waals surface area contributed by atoms with Gasteiger partial charge in [-0.1, -0.05) is 6.07 Å². The number of benzene rings is 1. The number of nitrogens with zero attached hydrogens (tertiary/aromatic N) is 1. The van der Waals surface area contributed by atoms with Crippen LogP contribution >= 0.6 is 0 Å². The summed E-state index contributed by atoms with van der Waals surface area (Å²) in [6.45, 7) is 8.18. The number of aromatic nitrogens is 2. The highest BCUT2D eigenvalue weighted by atomic mass is 16.7. The van der Waals surface area contributed by atoms with Gasteiger partial charge in [-0.05, 0) is 39.2 Å². The lowest BCUT2D eigenvalue weighted by atomic mass is 9.77. The molecule has 1 saturated heterocycles. The Balaban J connectivity index is 2.07. The zero-order valence-electron chi connectivity index (χ0n) is 12.5. The maximum Gasteiger partial charge on any atom is 0.495 e. The Morgan fingerprint density at radius 2 is 1.80 bits per heavy atom. The first-order valence-electron chi connectivity index (χ1n) is 6.71. The van der Waals surface area contributed by atoms with Gasteiger partial charge in [0.1, 0.15) is 11.3 Å². The van der Waals surface area contributed by atoms with Gasteiger partial charge in [0.2, 0.25) is 0 Å². The predicted molar refractivity (Wildman–Crippen MR) is 78.4 cm³/mol. The fourth-order valence-corrected chi connectivity index (χ4v) is 2.38. The molecule has 0 unspecified atom stereocenters. The molecule has 0 atom stereocenters. The smallest absolute Gasteiger partial charge is 0.494 e. The number of ether oxygens (including phenoxy) is 1. The molecular formula is C14H19BN2O3. The summed E-state index contributed by atoms with van der Waals surface area (Å²) in [4.78, 5) is 0.